The van der Waals surface area contributed by atoms with Crippen molar-refractivity contribution in [3.63, 3.8) is 0 Å². The number of hydrogen-bond donors (Lipinski definition) is 1. The fraction of sp³-hybridized carbons (Fsp3) is 0.308. The van der Waals surface area contributed by atoms with Crippen LogP contribution in [0.4, 0.5) is 0 Å². The smallest absolute Gasteiger partial charge is 0.210 e. The summed E-state index contributed by atoms with van der Waals surface area (Å²) in [7, 11) is 0. The summed E-state index contributed by atoms with van der Waals surface area (Å²) < 4.78 is 5.29. The van der Waals surface area contributed by atoms with Gasteiger partial charge >= 0.3 is 0 Å². The van der Waals surface area contributed by atoms with Crippen LogP contribution in [0.5, 0.6) is 0 Å². The zero-order chi connectivity index (χ0) is 11.5. The number of nitrogens with two attached hydrogens (primary N) is 1. The Hall–Kier alpha value is -1.61. The molecule has 0 fully saturated rings. The molecule has 0 bridgehead atoms. The van der Waals surface area contributed by atoms with E-state index >= 15 is 0 Å². The van der Waals surface area contributed by atoms with Gasteiger partial charge in [0, 0.05) is 6.42 Å². The van der Waals surface area contributed by atoms with Crippen LogP contribution in [0, 0.1) is 6.92 Å². The summed E-state index contributed by atoms with van der Waals surface area (Å²) in [6, 6.07) is 8.23. The summed E-state index contributed by atoms with van der Waals surface area (Å²) in [6.45, 7) is 3.95. The highest BCUT2D eigenvalue weighted by molar-refractivity contribution is 5.25. The van der Waals surface area contributed by atoms with E-state index in [4.69, 9.17) is 10.2 Å². The molecule has 0 aliphatic rings. The minimum atomic E-state index is -0.147. The average molecular weight is 216 g/mol. The van der Waals surface area contributed by atoms with Crippen molar-refractivity contribution < 1.29 is 4.42 Å². The van der Waals surface area contributed by atoms with Crippen molar-refractivity contribution in [2.75, 3.05) is 0 Å². The van der Waals surface area contributed by atoms with Crippen molar-refractivity contribution in [3.8, 4) is 0 Å². The van der Waals surface area contributed by atoms with Gasteiger partial charge in [-0.25, -0.2) is 4.98 Å². The van der Waals surface area contributed by atoms with E-state index in [-0.39, 0.29) is 6.04 Å². The summed E-state index contributed by atoms with van der Waals surface area (Å²) in [5, 5.41) is 0. The Balaban J connectivity index is 2.14. The van der Waals surface area contributed by atoms with Crippen LogP contribution in [-0.4, -0.2) is 4.98 Å². The van der Waals surface area contributed by atoms with Crippen molar-refractivity contribution in [3.05, 3.63) is 53.2 Å². The molecule has 1 aromatic carbocycles. The molecule has 1 aromatic heterocycles. The molecule has 1 unspecified atom stereocenters. The topological polar surface area (TPSA) is 52.0 Å². The average Bonchev–Trinajstić information content (AvgIpc) is 2.66. The first-order valence-corrected chi connectivity index (χ1v) is 5.40. The van der Waals surface area contributed by atoms with Crippen LogP contribution in [-0.2, 0) is 6.42 Å². The molecular weight excluding hydrogens is 200 g/mol. The van der Waals surface area contributed by atoms with E-state index in [1.54, 1.807) is 6.26 Å². The lowest BCUT2D eigenvalue weighted by atomic mass is 10.1. The summed E-state index contributed by atoms with van der Waals surface area (Å²) in [4.78, 5) is 4.34. The highest BCUT2D eigenvalue weighted by Gasteiger charge is 2.08. The van der Waals surface area contributed by atoms with Gasteiger partial charge in [-0.05, 0) is 19.4 Å². The lowest BCUT2D eigenvalue weighted by molar-refractivity contribution is 0.463. The Kier molecular flexibility index (Phi) is 3.06. The zero-order valence-corrected chi connectivity index (χ0v) is 9.60. The standard InChI is InChI=1S/C13H16N2O/c1-9-4-3-5-11(6-9)7-12-8-16-13(15-12)10(2)14/h3-6,8,10H,7,14H2,1-2H3. The van der Waals surface area contributed by atoms with Crippen molar-refractivity contribution in [2.45, 2.75) is 26.3 Å². The van der Waals surface area contributed by atoms with Crippen LogP contribution in [0.25, 0.3) is 0 Å². The van der Waals surface area contributed by atoms with Gasteiger partial charge in [0.15, 0.2) is 0 Å². The largest absolute Gasteiger partial charge is 0.447 e. The molecule has 0 saturated carbocycles. The normalized spacial score (nSPS) is 12.7. The van der Waals surface area contributed by atoms with Gasteiger partial charge in [0.1, 0.15) is 6.26 Å². The summed E-state index contributed by atoms with van der Waals surface area (Å²) in [5.74, 6) is 0.600. The van der Waals surface area contributed by atoms with Gasteiger partial charge < -0.3 is 10.2 Å². The van der Waals surface area contributed by atoms with Gasteiger partial charge in [-0.15, -0.1) is 0 Å². The van der Waals surface area contributed by atoms with Crippen LogP contribution < -0.4 is 5.73 Å². The molecule has 0 aliphatic heterocycles. The second kappa shape index (κ2) is 4.49. The van der Waals surface area contributed by atoms with Gasteiger partial charge in [0.05, 0.1) is 11.7 Å². The molecule has 1 atom stereocenters. The van der Waals surface area contributed by atoms with E-state index in [1.165, 1.54) is 11.1 Å². The zero-order valence-electron chi connectivity index (χ0n) is 9.60. The first-order valence-electron chi connectivity index (χ1n) is 5.40. The number of benzene rings is 1. The molecule has 2 aromatic rings. The molecule has 2 rings (SSSR count). The van der Waals surface area contributed by atoms with E-state index in [0.29, 0.717) is 5.89 Å². The fourth-order valence-corrected chi connectivity index (χ4v) is 1.64. The van der Waals surface area contributed by atoms with Crippen molar-refractivity contribution in [1.29, 1.82) is 0 Å². The van der Waals surface area contributed by atoms with Gasteiger partial charge in [-0.3, -0.25) is 0 Å². The van der Waals surface area contributed by atoms with Crippen molar-refractivity contribution in [2.24, 2.45) is 5.73 Å². The number of aryl methyl sites for hydroxylation is 1. The Morgan fingerprint density at radius 1 is 1.44 bits per heavy atom. The summed E-state index contributed by atoms with van der Waals surface area (Å²) >= 11 is 0. The Labute approximate surface area is 95.3 Å². The number of hydrogen-bond acceptors (Lipinski definition) is 3. The quantitative estimate of drug-likeness (QED) is 0.858. The molecule has 0 aliphatic carbocycles. The molecule has 3 nitrogen and oxygen atoms in total. The van der Waals surface area contributed by atoms with E-state index < -0.39 is 0 Å². The third-order valence-electron chi connectivity index (χ3n) is 2.43. The SMILES string of the molecule is Cc1cccc(Cc2coc(C(C)N)n2)c1. The molecule has 16 heavy (non-hydrogen) atoms. The molecular formula is C13H16N2O. The predicted molar refractivity (Wildman–Crippen MR) is 63.1 cm³/mol. The maximum Gasteiger partial charge on any atom is 0.210 e. The number of rotatable bonds is 3. The van der Waals surface area contributed by atoms with Gasteiger partial charge in [0.2, 0.25) is 5.89 Å². The van der Waals surface area contributed by atoms with Crippen molar-refractivity contribution in [1.82, 2.24) is 4.98 Å². The molecule has 84 valence electrons. The minimum Gasteiger partial charge on any atom is -0.447 e. The highest BCUT2D eigenvalue weighted by atomic mass is 16.3. The maximum absolute atomic E-state index is 5.69. The molecule has 1 heterocycles. The molecule has 2 N–H and O–H groups in total. The Morgan fingerprint density at radius 2 is 2.25 bits per heavy atom. The molecule has 3 heteroatoms. The number of oxazole rings is 1. The molecule has 0 saturated heterocycles. The second-order valence-corrected chi connectivity index (χ2v) is 4.13. The van der Waals surface area contributed by atoms with Crippen molar-refractivity contribution >= 4 is 0 Å². The highest BCUT2D eigenvalue weighted by Crippen LogP contribution is 2.13. The van der Waals surface area contributed by atoms with E-state index in [9.17, 15) is 0 Å². The second-order valence-electron chi connectivity index (χ2n) is 4.13. The lowest BCUT2D eigenvalue weighted by Crippen LogP contribution is -2.05. The van der Waals surface area contributed by atoms with Gasteiger partial charge in [0.25, 0.3) is 0 Å². The van der Waals surface area contributed by atoms with E-state index in [0.717, 1.165) is 12.1 Å². The fourth-order valence-electron chi connectivity index (χ4n) is 1.64. The monoisotopic (exact) mass is 216 g/mol. The minimum absolute atomic E-state index is 0.147. The number of aromatic nitrogens is 1. The van der Waals surface area contributed by atoms with Gasteiger partial charge in [-0.2, -0.15) is 0 Å². The van der Waals surface area contributed by atoms with Crippen LogP contribution in [0.1, 0.15) is 35.7 Å². The van der Waals surface area contributed by atoms with Crippen LogP contribution >= 0.6 is 0 Å². The van der Waals surface area contributed by atoms with Crippen LogP contribution in [0.15, 0.2) is 34.9 Å². The van der Waals surface area contributed by atoms with Crippen LogP contribution in [0.2, 0.25) is 0 Å². The van der Waals surface area contributed by atoms with E-state index in [1.807, 2.05) is 6.92 Å². The van der Waals surface area contributed by atoms with Crippen LogP contribution in [0.3, 0.4) is 0 Å². The summed E-state index contributed by atoms with van der Waals surface area (Å²) in [6.07, 6.45) is 2.47. The van der Waals surface area contributed by atoms with Gasteiger partial charge in [-0.1, -0.05) is 29.8 Å². The Morgan fingerprint density at radius 3 is 2.88 bits per heavy atom. The lowest BCUT2D eigenvalue weighted by Gasteiger charge is -1.99. The first kappa shape index (κ1) is 10.9. The molecule has 0 spiro atoms. The third-order valence-corrected chi connectivity index (χ3v) is 2.43. The maximum atomic E-state index is 5.69. The summed E-state index contributed by atoms with van der Waals surface area (Å²) in [5.41, 5.74) is 9.11. The molecule has 0 amide bonds. The third kappa shape index (κ3) is 2.49. The Bertz CT molecular complexity index is 474. The predicted octanol–water partition coefficient (Wildman–Crippen LogP) is 2.59. The number of nitrogens with zero attached hydrogens (tertiary/aromatic N) is 1. The first-order chi connectivity index (χ1) is 7.65. The van der Waals surface area contributed by atoms with E-state index in [2.05, 4.69) is 36.2 Å². The molecule has 0 radical (unpaired) electrons.